The first-order valence-electron chi connectivity index (χ1n) is 4.78. The molecule has 0 N–H and O–H groups in total. The molecule has 0 aromatic carbocycles. The Labute approximate surface area is 108 Å². The van der Waals surface area contributed by atoms with Crippen LogP contribution in [0.15, 0.2) is 18.5 Å². The van der Waals surface area contributed by atoms with Gasteiger partial charge in [-0.05, 0) is 11.6 Å². The van der Waals surface area contributed by atoms with Gasteiger partial charge in [0.1, 0.15) is 0 Å². The maximum atomic E-state index is 12.3. The largest absolute Gasteiger partial charge is 0.407 e. The normalized spacial score (nSPS) is 12.8. The summed E-state index contributed by atoms with van der Waals surface area (Å²) >= 11 is 5.52. The monoisotopic (exact) mass is 305 g/mol. The number of hydrogen-bond donors (Lipinski definition) is 0. The number of ketones is 1. The second kappa shape index (κ2) is 5.36. The number of hydrogen-bond acceptors (Lipinski definition) is 2. The fourth-order valence-corrected chi connectivity index (χ4v) is 1.57. The molecule has 0 bridgehead atoms. The fraction of sp³-hybridized carbons (Fsp3) is 0.400. The SMILES string of the molecule is O=C(Cc1ccncc1Cl)C(C(F)(F)F)C(F)(F)F. The Morgan fingerprint density at radius 1 is 1.21 bits per heavy atom. The highest BCUT2D eigenvalue weighted by atomic mass is 35.5. The number of rotatable bonds is 3. The quantitative estimate of drug-likeness (QED) is 0.799. The lowest BCUT2D eigenvalue weighted by molar-refractivity contribution is -0.273. The van der Waals surface area contributed by atoms with E-state index >= 15 is 0 Å². The molecule has 0 spiro atoms. The van der Waals surface area contributed by atoms with Crippen LogP contribution in [0.3, 0.4) is 0 Å². The van der Waals surface area contributed by atoms with E-state index in [9.17, 15) is 31.1 Å². The van der Waals surface area contributed by atoms with Crippen LogP contribution in [-0.2, 0) is 11.2 Å². The van der Waals surface area contributed by atoms with Crippen molar-refractivity contribution >= 4 is 17.4 Å². The summed E-state index contributed by atoms with van der Waals surface area (Å²) in [5, 5.41) is -0.168. The molecule has 0 radical (unpaired) electrons. The average molecular weight is 306 g/mol. The highest BCUT2D eigenvalue weighted by Crippen LogP contribution is 2.40. The first-order valence-corrected chi connectivity index (χ1v) is 5.16. The van der Waals surface area contributed by atoms with Crippen LogP contribution in [0.5, 0.6) is 0 Å². The Balaban J connectivity index is 3.01. The van der Waals surface area contributed by atoms with Crippen molar-refractivity contribution in [2.75, 3.05) is 0 Å². The van der Waals surface area contributed by atoms with Crippen LogP contribution in [-0.4, -0.2) is 23.1 Å². The van der Waals surface area contributed by atoms with E-state index in [1.807, 2.05) is 0 Å². The third-order valence-corrected chi connectivity index (χ3v) is 2.54. The van der Waals surface area contributed by atoms with Gasteiger partial charge in [-0.3, -0.25) is 9.78 Å². The molecule has 0 saturated heterocycles. The zero-order chi connectivity index (χ0) is 14.8. The lowest BCUT2D eigenvalue weighted by Crippen LogP contribution is -2.43. The van der Waals surface area contributed by atoms with Crippen LogP contribution < -0.4 is 0 Å². The summed E-state index contributed by atoms with van der Waals surface area (Å²) in [5.41, 5.74) is -0.139. The van der Waals surface area contributed by atoms with Gasteiger partial charge in [0.25, 0.3) is 0 Å². The molecule has 1 aromatic rings. The Morgan fingerprint density at radius 3 is 2.16 bits per heavy atom. The van der Waals surface area contributed by atoms with Crippen molar-refractivity contribution in [3.8, 4) is 0 Å². The molecule has 0 fully saturated rings. The maximum absolute atomic E-state index is 12.3. The van der Waals surface area contributed by atoms with E-state index < -0.39 is 30.5 Å². The standard InChI is InChI=1S/C10H6ClF6NO/c11-6-4-18-2-1-5(6)3-7(19)8(9(12,13)14)10(15,16)17/h1-2,4,8H,3H2. The lowest BCUT2D eigenvalue weighted by atomic mass is 9.97. The number of halogens is 7. The molecule has 9 heteroatoms. The third kappa shape index (κ3) is 4.09. The molecule has 106 valence electrons. The summed E-state index contributed by atoms with van der Waals surface area (Å²) in [6.07, 6.45) is -10.3. The highest BCUT2D eigenvalue weighted by molar-refractivity contribution is 6.31. The minimum atomic E-state index is -5.69. The molecular weight excluding hydrogens is 300 g/mol. The van der Waals surface area contributed by atoms with Crippen molar-refractivity contribution in [1.82, 2.24) is 4.98 Å². The van der Waals surface area contributed by atoms with Gasteiger partial charge in [0, 0.05) is 18.8 Å². The van der Waals surface area contributed by atoms with Crippen LogP contribution in [0.1, 0.15) is 5.56 Å². The molecular formula is C10H6ClF6NO. The molecule has 0 aliphatic carbocycles. The molecule has 1 heterocycles. The van der Waals surface area contributed by atoms with E-state index in [0.29, 0.717) is 0 Å². The Bertz CT molecular complexity index is 456. The molecule has 0 atom stereocenters. The molecule has 0 saturated carbocycles. The predicted molar refractivity (Wildman–Crippen MR) is 53.6 cm³/mol. The number of nitrogens with zero attached hydrogens (tertiary/aromatic N) is 1. The van der Waals surface area contributed by atoms with Gasteiger partial charge in [-0.2, -0.15) is 26.3 Å². The molecule has 0 amide bonds. The van der Waals surface area contributed by atoms with E-state index in [-0.39, 0.29) is 10.6 Å². The van der Waals surface area contributed by atoms with Crippen molar-refractivity contribution in [3.05, 3.63) is 29.0 Å². The first kappa shape index (κ1) is 15.7. The zero-order valence-electron chi connectivity index (χ0n) is 9.02. The summed E-state index contributed by atoms with van der Waals surface area (Å²) in [6, 6.07) is 1.09. The van der Waals surface area contributed by atoms with E-state index in [0.717, 1.165) is 18.5 Å². The van der Waals surface area contributed by atoms with Gasteiger partial charge >= 0.3 is 12.4 Å². The number of carbonyl (C=O) groups is 1. The Morgan fingerprint density at radius 2 is 1.74 bits per heavy atom. The third-order valence-electron chi connectivity index (χ3n) is 2.20. The van der Waals surface area contributed by atoms with E-state index in [1.165, 1.54) is 0 Å². The number of carbonyl (C=O) groups excluding carboxylic acids is 1. The smallest absolute Gasteiger partial charge is 0.298 e. The molecule has 0 aliphatic rings. The Hall–Kier alpha value is -1.31. The van der Waals surface area contributed by atoms with Crippen molar-refractivity contribution < 1.29 is 31.1 Å². The number of alkyl halides is 6. The van der Waals surface area contributed by atoms with Crippen molar-refractivity contribution in [2.45, 2.75) is 18.8 Å². The highest BCUT2D eigenvalue weighted by Gasteiger charge is 2.60. The van der Waals surface area contributed by atoms with Gasteiger partial charge in [0.05, 0.1) is 5.02 Å². The maximum Gasteiger partial charge on any atom is 0.407 e. The first-order chi connectivity index (χ1) is 8.53. The van der Waals surface area contributed by atoms with Crippen LogP contribution >= 0.6 is 11.6 Å². The van der Waals surface area contributed by atoms with Gasteiger partial charge in [-0.1, -0.05) is 11.6 Å². The summed E-state index contributed by atoms with van der Waals surface area (Å²) in [4.78, 5) is 14.7. The predicted octanol–water partition coefficient (Wildman–Crippen LogP) is 3.59. The summed E-state index contributed by atoms with van der Waals surface area (Å²) < 4.78 is 73.7. The van der Waals surface area contributed by atoms with Gasteiger partial charge in [0.2, 0.25) is 5.92 Å². The lowest BCUT2D eigenvalue weighted by Gasteiger charge is -2.21. The topological polar surface area (TPSA) is 30.0 Å². The van der Waals surface area contributed by atoms with Crippen LogP contribution in [0.2, 0.25) is 5.02 Å². The van der Waals surface area contributed by atoms with E-state index in [1.54, 1.807) is 0 Å². The number of aromatic nitrogens is 1. The molecule has 0 unspecified atom stereocenters. The van der Waals surface area contributed by atoms with E-state index in [2.05, 4.69) is 4.98 Å². The molecule has 0 aliphatic heterocycles. The van der Waals surface area contributed by atoms with Gasteiger partial charge in [0.15, 0.2) is 5.78 Å². The average Bonchev–Trinajstić information content (AvgIpc) is 2.16. The summed E-state index contributed by atoms with van der Waals surface area (Å²) in [7, 11) is 0. The van der Waals surface area contributed by atoms with Crippen LogP contribution in [0, 0.1) is 5.92 Å². The second-order valence-corrected chi connectivity index (χ2v) is 4.03. The molecule has 1 aromatic heterocycles. The van der Waals surface area contributed by atoms with Gasteiger partial charge < -0.3 is 0 Å². The van der Waals surface area contributed by atoms with Crippen molar-refractivity contribution in [2.24, 2.45) is 5.92 Å². The summed E-state index contributed by atoms with van der Waals surface area (Å²) in [6.45, 7) is 0. The zero-order valence-corrected chi connectivity index (χ0v) is 9.77. The minimum Gasteiger partial charge on any atom is -0.298 e. The summed E-state index contributed by atoms with van der Waals surface area (Å²) in [5.74, 6) is -6.02. The molecule has 2 nitrogen and oxygen atoms in total. The fourth-order valence-electron chi connectivity index (χ4n) is 1.39. The van der Waals surface area contributed by atoms with Crippen LogP contribution in [0.4, 0.5) is 26.3 Å². The van der Waals surface area contributed by atoms with Gasteiger partial charge in [-0.25, -0.2) is 0 Å². The second-order valence-electron chi connectivity index (χ2n) is 3.63. The number of pyridine rings is 1. The molecule has 19 heavy (non-hydrogen) atoms. The minimum absolute atomic E-state index is 0.139. The number of Topliss-reactive ketones (excluding diaryl/α,β-unsaturated/α-hetero) is 1. The van der Waals surface area contributed by atoms with Crippen molar-refractivity contribution in [3.63, 3.8) is 0 Å². The molecule has 1 rings (SSSR count). The Kier molecular flexibility index (Phi) is 4.44. The van der Waals surface area contributed by atoms with E-state index in [4.69, 9.17) is 11.6 Å². The van der Waals surface area contributed by atoms with Crippen molar-refractivity contribution in [1.29, 1.82) is 0 Å². The van der Waals surface area contributed by atoms with Crippen LogP contribution in [0.25, 0.3) is 0 Å². The van der Waals surface area contributed by atoms with Gasteiger partial charge in [-0.15, -0.1) is 0 Å².